The molecule has 0 aromatic heterocycles. The van der Waals surface area contributed by atoms with Gasteiger partial charge >= 0.3 is 0 Å². The highest BCUT2D eigenvalue weighted by Crippen LogP contribution is 2.60. The fourth-order valence-electron chi connectivity index (χ4n) is 4.34. The van der Waals surface area contributed by atoms with Crippen molar-refractivity contribution >= 4 is 0 Å². The van der Waals surface area contributed by atoms with Crippen LogP contribution in [0.5, 0.6) is 0 Å². The van der Waals surface area contributed by atoms with Crippen LogP contribution < -0.4 is 0 Å². The van der Waals surface area contributed by atoms with Crippen molar-refractivity contribution in [3.05, 3.63) is 12.7 Å². The van der Waals surface area contributed by atoms with E-state index in [-0.39, 0.29) is 5.92 Å². The maximum Gasteiger partial charge on any atom is 0.0859 e. The highest BCUT2D eigenvalue weighted by atomic mass is 16.3. The van der Waals surface area contributed by atoms with Gasteiger partial charge in [0.15, 0.2) is 0 Å². The van der Waals surface area contributed by atoms with E-state index in [1.54, 1.807) is 6.08 Å². The minimum atomic E-state index is -0.686. The highest BCUT2D eigenvalue weighted by molar-refractivity contribution is 5.16. The zero-order valence-corrected chi connectivity index (χ0v) is 8.45. The molecule has 3 rings (SSSR count). The van der Waals surface area contributed by atoms with Gasteiger partial charge in [0.1, 0.15) is 0 Å². The Bertz CT molecular complexity index is 288. The van der Waals surface area contributed by atoms with Crippen molar-refractivity contribution in [1.82, 2.24) is 0 Å². The molecule has 78 valence electrons. The van der Waals surface area contributed by atoms with Crippen LogP contribution in [0.2, 0.25) is 0 Å². The lowest BCUT2D eigenvalue weighted by Crippen LogP contribution is -2.44. The van der Waals surface area contributed by atoms with Crippen LogP contribution >= 0.6 is 0 Å². The number of aliphatic hydroxyl groups is 2. The Balaban J connectivity index is 2.02. The summed E-state index contributed by atoms with van der Waals surface area (Å²) in [6.07, 6.45) is 6.34. The summed E-state index contributed by atoms with van der Waals surface area (Å²) in [6, 6.07) is 0. The van der Waals surface area contributed by atoms with Gasteiger partial charge in [-0.1, -0.05) is 6.08 Å². The van der Waals surface area contributed by atoms with Crippen molar-refractivity contribution in [1.29, 1.82) is 0 Å². The second-order valence-electron chi connectivity index (χ2n) is 5.70. The third-order valence-corrected chi connectivity index (χ3v) is 4.73. The average Bonchev–Trinajstić information content (AvgIpc) is 2.31. The van der Waals surface area contributed by atoms with E-state index in [0.717, 1.165) is 25.7 Å². The maximum absolute atomic E-state index is 10.4. The van der Waals surface area contributed by atoms with Crippen molar-refractivity contribution in [3.63, 3.8) is 0 Å². The van der Waals surface area contributed by atoms with Crippen molar-refractivity contribution in [2.24, 2.45) is 17.8 Å². The van der Waals surface area contributed by atoms with Crippen LogP contribution in [0.3, 0.4) is 0 Å². The monoisotopic (exact) mass is 194 g/mol. The van der Waals surface area contributed by atoms with Crippen LogP contribution in [0.4, 0.5) is 0 Å². The first-order valence-corrected chi connectivity index (χ1v) is 5.63. The van der Waals surface area contributed by atoms with Crippen LogP contribution in [0.15, 0.2) is 12.7 Å². The molecule has 2 nitrogen and oxygen atoms in total. The number of rotatable bonds is 1. The summed E-state index contributed by atoms with van der Waals surface area (Å²) in [4.78, 5) is 0. The molecule has 3 saturated carbocycles. The summed E-state index contributed by atoms with van der Waals surface area (Å²) in [5, 5.41) is 20.7. The Morgan fingerprint density at radius 2 is 1.93 bits per heavy atom. The predicted molar refractivity (Wildman–Crippen MR) is 53.7 cm³/mol. The van der Waals surface area contributed by atoms with Crippen LogP contribution in [0.1, 0.15) is 32.1 Å². The van der Waals surface area contributed by atoms with Gasteiger partial charge in [-0.15, -0.1) is 6.58 Å². The lowest BCUT2D eigenvalue weighted by Gasteiger charge is -2.44. The molecule has 2 heteroatoms. The largest absolute Gasteiger partial charge is 0.390 e. The molecule has 0 heterocycles. The fourth-order valence-corrected chi connectivity index (χ4v) is 4.34. The Kier molecular flexibility index (Phi) is 1.54. The lowest BCUT2D eigenvalue weighted by atomic mass is 9.64. The number of hydrogen-bond donors (Lipinski definition) is 2. The zero-order valence-electron chi connectivity index (χ0n) is 8.45. The van der Waals surface area contributed by atoms with Gasteiger partial charge in [0.25, 0.3) is 0 Å². The molecule has 0 aliphatic heterocycles. The summed E-state index contributed by atoms with van der Waals surface area (Å²) in [5.74, 6) is 1.32. The third-order valence-electron chi connectivity index (χ3n) is 4.73. The van der Waals surface area contributed by atoms with Gasteiger partial charge in [-0.2, -0.15) is 0 Å². The Morgan fingerprint density at radius 3 is 2.64 bits per heavy atom. The van der Waals surface area contributed by atoms with E-state index in [2.05, 4.69) is 6.58 Å². The van der Waals surface area contributed by atoms with Crippen molar-refractivity contribution < 1.29 is 10.2 Å². The summed E-state index contributed by atoms with van der Waals surface area (Å²) >= 11 is 0. The van der Waals surface area contributed by atoms with Gasteiger partial charge in [-0.3, -0.25) is 0 Å². The molecule has 3 aliphatic rings. The Hall–Kier alpha value is -0.340. The van der Waals surface area contributed by atoms with E-state index in [9.17, 15) is 10.2 Å². The predicted octanol–water partition coefficient (Wildman–Crippen LogP) is 1.47. The molecule has 0 spiro atoms. The molecular formula is C12H18O2. The van der Waals surface area contributed by atoms with Crippen molar-refractivity contribution in [2.75, 3.05) is 0 Å². The third kappa shape index (κ3) is 0.986. The first-order valence-electron chi connectivity index (χ1n) is 5.63. The summed E-state index contributed by atoms with van der Waals surface area (Å²) in [7, 11) is 0. The molecule has 3 aliphatic carbocycles. The zero-order chi connectivity index (χ0) is 9.97. The van der Waals surface area contributed by atoms with Gasteiger partial charge in [0.05, 0.1) is 11.2 Å². The standard InChI is InChI=1S/C12H18O2/c1-2-12(14)5-8-3-9-6-11(13,4-8)7-10(9)12/h2,8-10,13-14H,1,3-7H2/t8-,9+,10?,11+,12+/m0/s1. The minimum absolute atomic E-state index is 0.267. The fraction of sp³-hybridized carbons (Fsp3) is 0.833. The molecule has 2 N–H and O–H groups in total. The maximum atomic E-state index is 10.4. The van der Waals surface area contributed by atoms with Crippen LogP contribution in [0, 0.1) is 17.8 Å². The smallest absolute Gasteiger partial charge is 0.0859 e. The molecule has 0 amide bonds. The topological polar surface area (TPSA) is 40.5 Å². The van der Waals surface area contributed by atoms with Gasteiger partial charge in [0, 0.05) is 0 Å². The van der Waals surface area contributed by atoms with Crippen LogP contribution in [-0.4, -0.2) is 21.4 Å². The van der Waals surface area contributed by atoms with Crippen molar-refractivity contribution in [2.45, 2.75) is 43.3 Å². The Morgan fingerprint density at radius 1 is 1.14 bits per heavy atom. The normalized spacial score (nSPS) is 60.3. The quantitative estimate of drug-likeness (QED) is 0.621. The van der Waals surface area contributed by atoms with Crippen molar-refractivity contribution in [3.8, 4) is 0 Å². The second-order valence-corrected chi connectivity index (χ2v) is 5.70. The van der Waals surface area contributed by atoms with Crippen LogP contribution in [-0.2, 0) is 0 Å². The average molecular weight is 194 g/mol. The number of hydrogen-bond acceptors (Lipinski definition) is 2. The summed E-state index contributed by atoms with van der Waals surface area (Å²) < 4.78 is 0. The van der Waals surface area contributed by atoms with Gasteiger partial charge in [-0.05, 0) is 49.9 Å². The van der Waals surface area contributed by atoms with E-state index in [1.165, 1.54) is 6.42 Å². The van der Waals surface area contributed by atoms with Gasteiger partial charge < -0.3 is 10.2 Å². The highest BCUT2D eigenvalue weighted by Gasteiger charge is 2.59. The van der Waals surface area contributed by atoms with Gasteiger partial charge in [-0.25, -0.2) is 0 Å². The summed E-state index contributed by atoms with van der Waals surface area (Å²) in [6.45, 7) is 3.76. The lowest BCUT2D eigenvalue weighted by molar-refractivity contribution is -0.0525. The molecular weight excluding hydrogens is 176 g/mol. The molecule has 0 radical (unpaired) electrons. The molecule has 1 unspecified atom stereocenters. The molecule has 0 aromatic carbocycles. The van der Waals surface area contributed by atoms with E-state index in [0.29, 0.717) is 11.8 Å². The molecule has 3 bridgehead atoms. The molecule has 5 atom stereocenters. The van der Waals surface area contributed by atoms with Gasteiger partial charge in [0.2, 0.25) is 0 Å². The first kappa shape index (κ1) is 8.93. The molecule has 0 saturated heterocycles. The molecule has 3 fully saturated rings. The Labute approximate surface area is 84.6 Å². The molecule has 0 aromatic rings. The van der Waals surface area contributed by atoms with E-state index in [1.807, 2.05) is 0 Å². The van der Waals surface area contributed by atoms with E-state index < -0.39 is 11.2 Å². The molecule has 14 heavy (non-hydrogen) atoms. The number of fused-ring (bicyclic) bond motifs is 2. The van der Waals surface area contributed by atoms with Crippen LogP contribution in [0.25, 0.3) is 0 Å². The first-order chi connectivity index (χ1) is 6.55. The van der Waals surface area contributed by atoms with E-state index >= 15 is 0 Å². The minimum Gasteiger partial charge on any atom is -0.390 e. The second kappa shape index (κ2) is 2.42. The van der Waals surface area contributed by atoms with E-state index in [4.69, 9.17) is 0 Å². The SMILES string of the molecule is C=C[C@@]1(O)C[C@H]2C[C@@H]3C[C@@](O)(CC31)C2. The summed E-state index contributed by atoms with van der Waals surface area (Å²) in [5.41, 5.74) is -1.14.